The Bertz CT molecular complexity index is 820. The molecule has 1 aromatic heterocycles. The van der Waals surface area contributed by atoms with Crippen molar-refractivity contribution in [3.8, 4) is 16.9 Å². The minimum absolute atomic E-state index is 0.0679. The summed E-state index contributed by atoms with van der Waals surface area (Å²) in [6, 6.07) is 7.96. The molecule has 0 atom stereocenters. The monoisotopic (exact) mass is 291 g/mol. The van der Waals surface area contributed by atoms with Gasteiger partial charge in [0.1, 0.15) is 22.9 Å². The fraction of sp³-hybridized carbons (Fsp3) is 0. The Balaban J connectivity index is 2.34. The maximum Gasteiger partial charge on any atom is 0.149 e. The van der Waals surface area contributed by atoms with Crippen LogP contribution in [0.25, 0.3) is 22.0 Å². The maximum absolute atomic E-state index is 13.8. The number of halogens is 3. The van der Waals surface area contributed by atoms with Gasteiger partial charge < -0.3 is 5.11 Å². The first-order valence-electron chi connectivity index (χ1n) is 5.79. The van der Waals surface area contributed by atoms with Gasteiger partial charge in [0.15, 0.2) is 0 Å². The highest BCUT2D eigenvalue weighted by atomic mass is 35.5. The fourth-order valence-corrected chi connectivity index (χ4v) is 2.36. The highest BCUT2D eigenvalue weighted by Gasteiger charge is 2.16. The van der Waals surface area contributed by atoms with Crippen LogP contribution in [0.5, 0.6) is 5.75 Å². The van der Waals surface area contributed by atoms with Crippen molar-refractivity contribution in [1.82, 2.24) is 4.98 Å². The predicted molar refractivity (Wildman–Crippen MR) is 73.8 cm³/mol. The summed E-state index contributed by atoms with van der Waals surface area (Å²) in [4.78, 5) is 4.04. The van der Waals surface area contributed by atoms with E-state index in [1.807, 2.05) is 0 Å². The van der Waals surface area contributed by atoms with Gasteiger partial charge >= 0.3 is 0 Å². The zero-order chi connectivity index (χ0) is 14.3. The smallest absolute Gasteiger partial charge is 0.149 e. The Morgan fingerprint density at radius 2 is 1.85 bits per heavy atom. The molecule has 0 saturated carbocycles. The van der Waals surface area contributed by atoms with Crippen LogP contribution in [0.3, 0.4) is 0 Å². The van der Waals surface area contributed by atoms with Crippen molar-refractivity contribution in [2.24, 2.45) is 0 Å². The van der Waals surface area contributed by atoms with Gasteiger partial charge in [-0.15, -0.1) is 0 Å². The van der Waals surface area contributed by atoms with E-state index in [9.17, 15) is 13.9 Å². The summed E-state index contributed by atoms with van der Waals surface area (Å²) in [7, 11) is 0. The first kappa shape index (κ1) is 12.8. The number of phenols is 1. The summed E-state index contributed by atoms with van der Waals surface area (Å²) < 4.78 is 26.8. The highest BCUT2D eigenvalue weighted by Crippen LogP contribution is 2.39. The zero-order valence-electron chi connectivity index (χ0n) is 10.1. The topological polar surface area (TPSA) is 33.1 Å². The lowest BCUT2D eigenvalue weighted by Gasteiger charge is -2.10. The Labute approximate surface area is 118 Å². The Hall–Kier alpha value is -2.20. The standard InChI is InChI=1S/C15H8ClF2NO/c16-12-7-11(9-4-3-8(17)6-13(9)18)15(20)14-10(12)2-1-5-19-14/h1-7,20H. The molecule has 2 nitrogen and oxygen atoms in total. The lowest BCUT2D eigenvalue weighted by atomic mass is 10.0. The molecule has 0 radical (unpaired) electrons. The van der Waals surface area contributed by atoms with Crippen molar-refractivity contribution >= 4 is 22.5 Å². The van der Waals surface area contributed by atoms with Crippen LogP contribution in [0, 0.1) is 11.6 Å². The molecule has 0 amide bonds. The molecule has 0 saturated heterocycles. The summed E-state index contributed by atoms with van der Waals surface area (Å²) in [6.45, 7) is 0. The summed E-state index contributed by atoms with van der Waals surface area (Å²) >= 11 is 6.12. The molecule has 2 aromatic carbocycles. The van der Waals surface area contributed by atoms with Gasteiger partial charge in [-0.05, 0) is 30.3 Å². The molecule has 0 aliphatic heterocycles. The van der Waals surface area contributed by atoms with E-state index >= 15 is 0 Å². The number of fused-ring (bicyclic) bond motifs is 1. The van der Waals surface area contributed by atoms with Gasteiger partial charge in [-0.3, -0.25) is 4.98 Å². The third-order valence-electron chi connectivity index (χ3n) is 3.04. The third kappa shape index (κ3) is 1.98. The molecular formula is C15H8ClF2NO. The third-order valence-corrected chi connectivity index (χ3v) is 3.35. The normalized spacial score (nSPS) is 10.9. The fourth-order valence-electron chi connectivity index (χ4n) is 2.10. The number of benzene rings is 2. The van der Waals surface area contributed by atoms with E-state index in [-0.39, 0.29) is 22.4 Å². The van der Waals surface area contributed by atoms with E-state index in [2.05, 4.69) is 4.98 Å². The van der Waals surface area contributed by atoms with Gasteiger partial charge in [-0.1, -0.05) is 11.6 Å². The van der Waals surface area contributed by atoms with E-state index in [0.717, 1.165) is 12.1 Å². The Morgan fingerprint density at radius 3 is 2.60 bits per heavy atom. The maximum atomic E-state index is 13.8. The van der Waals surface area contributed by atoms with Gasteiger partial charge in [0.2, 0.25) is 0 Å². The number of rotatable bonds is 1. The van der Waals surface area contributed by atoms with Crippen LogP contribution in [0.1, 0.15) is 0 Å². The van der Waals surface area contributed by atoms with E-state index in [0.29, 0.717) is 10.4 Å². The number of phenolic OH excluding ortho intramolecular Hbond substituents is 1. The molecule has 1 heterocycles. The highest BCUT2D eigenvalue weighted by molar-refractivity contribution is 6.36. The lowest BCUT2D eigenvalue weighted by Crippen LogP contribution is -1.89. The van der Waals surface area contributed by atoms with Crippen LogP contribution in [0.2, 0.25) is 5.02 Å². The quantitative estimate of drug-likeness (QED) is 0.714. The molecule has 100 valence electrons. The van der Waals surface area contributed by atoms with E-state index in [1.54, 1.807) is 12.1 Å². The van der Waals surface area contributed by atoms with Crippen LogP contribution >= 0.6 is 11.6 Å². The van der Waals surface area contributed by atoms with E-state index < -0.39 is 11.6 Å². The Kier molecular flexibility index (Phi) is 3.03. The molecule has 3 aromatic rings. The minimum atomic E-state index is -0.772. The van der Waals surface area contributed by atoms with E-state index in [4.69, 9.17) is 11.6 Å². The number of aromatic hydroxyl groups is 1. The summed E-state index contributed by atoms with van der Waals surface area (Å²) in [5, 5.41) is 11.1. The second kappa shape index (κ2) is 4.72. The number of aromatic nitrogens is 1. The van der Waals surface area contributed by atoms with Crippen molar-refractivity contribution in [2.75, 3.05) is 0 Å². The average molecular weight is 292 g/mol. The van der Waals surface area contributed by atoms with Crippen LogP contribution in [0.4, 0.5) is 8.78 Å². The number of hydrogen-bond acceptors (Lipinski definition) is 2. The SMILES string of the molecule is Oc1c(-c2ccc(F)cc2F)cc(Cl)c2cccnc12. The number of hydrogen-bond donors (Lipinski definition) is 1. The van der Waals surface area contributed by atoms with Crippen molar-refractivity contribution < 1.29 is 13.9 Å². The predicted octanol–water partition coefficient (Wildman–Crippen LogP) is 4.54. The van der Waals surface area contributed by atoms with Crippen molar-refractivity contribution in [2.45, 2.75) is 0 Å². The average Bonchev–Trinajstić information content (AvgIpc) is 2.43. The van der Waals surface area contributed by atoms with Crippen LogP contribution in [-0.4, -0.2) is 10.1 Å². The molecule has 0 aliphatic carbocycles. The second-order valence-electron chi connectivity index (χ2n) is 4.28. The van der Waals surface area contributed by atoms with Gasteiger partial charge in [-0.2, -0.15) is 0 Å². The molecule has 5 heteroatoms. The van der Waals surface area contributed by atoms with Gasteiger partial charge in [0, 0.05) is 28.8 Å². The molecule has 0 aliphatic rings. The molecule has 0 unspecified atom stereocenters. The summed E-state index contributed by atoms with van der Waals surface area (Å²) in [6.07, 6.45) is 1.50. The van der Waals surface area contributed by atoms with Crippen molar-refractivity contribution in [3.05, 3.63) is 59.3 Å². The first-order valence-corrected chi connectivity index (χ1v) is 6.17. The van der Waals surface area contributed by atoms with Gasteiger partial charge in [-0.25, -0.2) is 8.78 Å². The molecule has 0 spiro atoms. The molecular weight excluding hydrogens is 284 g/mol. The molecule has 1 N–H and O–H groups in total. The second-order valence-corrected chi connectivity index (χ2v) is 4.69. The van der Waals surface area contributed by atoms with Gasteiger partial charge in [0.05, 0.1) is 5.02 Å². The van der Waals surface area contributed by atoms with Gasteiger partial charge in [0.25, 0.3) is 0 Å². The number of pyridine rings is 1. The minimum Gasteiger partial charge on any atom is -0.505 e. The van der Waals surface area contributed by atoms with Crippen molar-refractivity contribution in [3.63, 3.8) is 0 Å². The largest absolute Gasteiger partial charge is 0.505 e. The van der Waals surface area contributed by atoms with E-state index in [1.165, 1.54) is 18.3 Å². The summed E-state index contributed by atoms with van der Waals surface area (Å²) in [5.74, 6) is -1.64. The Morgan fingerprint density at radius 1 is 1.05 bits per heavy atom. The lowest BCUT2D eigenvalue weighted by molar-refractivity contribution is 0.481. The molecule has 0 fully saturated rings. The first-order chi connectivity index (χ1) is 9.58. The van der Waals surface area contributed by atoms with Crippen LogP contribution in [-0.2, 0) is 0 Å². The number of nitrogens with zero attached hydrogens (tertiary/aromatic N) is 1. The molecule has 0 bridgehead atoms. The molecule has 20 heavy (non-hydrogen) atoms. The van der Waals surface area contributed by atoms with Crippen LogP contribution in [0.15, 0.2) is 42.6 Å². The summed E-state index contributed by atoms with van der Waals surface area (Å²) in [5.41, 5.74) is 0.524. The van der Waals surface area contributed by atoms with Crippen LogP contribution < -0.4 is 0 Å². The molecule has 3 rings (SSSR count). The zero-order valence-corrected chi connectivity index (χ0v) is 10.8. The van der Waals surface area contributed by atoms with Crippen molar-refractivity contribution in [1.29, 1.82) is 0 Å².